The van der Waals surface area contributed by atoms with Gasteiger partial charge in [-0.3, -0.25) is 0 Å². The van der Waals surface area contributed by atoms with E-state index in [2.05, 4.69) is 46.0 Å². The molecule has 0 unspecified atom stereocenters. The fraction of sp³-hybridized carbons (Fsp3) is 0. The van der Waals surface area contributed by atoms with Crippen LogP contribution in [0.2, 0.25) is 0 Å². The number of para-hydroxylation sites is 1. The molecule has 0 aliphatic rings. The fourth-order valence-corrected chi connectivity index (χ4v) is 3.86. The van der Waals surface area contributed by atoms with Gasteiger partial charge in [-0.25, -0.2) is 4.98 Å². The van der Waals surface area contributed by atoms with Crippen molar-refractivity contribution in [3.63, 3.8) is 0 Å². The lowest BCUT2D eigenvalue weighted by atomic mass is 10.0. The van der Waals surface area contributed by atoms with Gasteiger partial charge in [0.1, 0.15) is 11.8 Å². The van der Waals surface area contributed by atoms with Gasteiger partial charge in [0, 0.05) is 28.2 Å². The maximum Gasteiger partial charge on any atom is 0.148 e. The topological polar surface area (TPSA) is 65.4 Å². The summed E-state index contributed by atoms with van der Waals surface area (Å²) in [5.41, 5.74) is 5.89. The molecule has 0 fully saturated rings. The first-order valence-corrected chi connectivity index (χ1v) is 9.19. The molecule has 0 saturated carbocycles. The lowest BCUT2D eigenvalue weighted by Crippen LogP contribution is -1.95. The Morgan fingerprint density at radius 2 is 1.59 bits per heavy atom. The molecular weight excluding hydrogens is 356 g/mol. The van der Waals surface area contributed by atoms with Gasteiger partial charge in [0.15, 0.2) is 0 Å². The molecule has 2 heterocycles. The molecule has 0 atom stereocenters. The van der Waals surface area contributed by atoms with Gasteiger partial charge in [0.25, 0.3) is 0 Å². The summed E-state index contributed by atoms with van der Waals surface area (Å²) >= 11 is 0. The second kappa shape index (κ2) is 6.64. The van der Waals surface area contributed by atoms with Crippen LogP contribution in [0, 0.1) is 22.7 Å². The van der Waals surface area contributed by atoms with E-state index in [-0.39, 0.29) is 0 Å². The Hall–Kier alpha value is -4.41. The Morgan fingerprint density at radius 3 is 2.45 bits per heavy atom. The summed E-state index contributed by atoms with van der Waals surface area (Å²) in [6.45, 7) is 0. The third-order valence-corrected chi connectivity index (χ3v) is 5.13. The average Bonchev–Trinajstić information content (AvgIpc) is 3.12. The molecule has 0 bridgehead atoms. The first-order valence-electron chi connectivity index (χ1n) is 9.19. The Balaban J connectivity index is 1.81. The quantitative estimate of drug-likeness (QED) is 0.407. The zero-order valence-corrected chi connectivity index (χ0v) is 15.4. The van der Waals surface area contributed by atoms with E-state index in [4.69, 9.17) is 0 Å². The van der Waals surface area contributed by atoms with E-state index in [0.717, 1.165) is 38.6 Å². The largest absolute Gasteiger partial charge is 0.309 e. The monoisotopic (exact) mass is 370 g/mol. The molecule has 2 aromatic heterocycles. The van der Waals surface area contributed by atoms with Gasteiger partial charge in [-0.1, -0.05) is 30.3 Å². The summed E-state index contributed by atoms with van der Waals surface area (Å²) in [5.74, 6) is 0. The molecule has 134 valence electrons. The minimum atomic E-state index is 0.408. The van der Waals surface area contributed by atoms with Crippen LogP contribution < -0.4 is 0 Å². The summed E-state index contributed by atoms with van der Waals surface area (Å²) in [4.78, 5) is 4.19. The van der Waals surface area contributed by atoms with Crippen LogP contribution in [-0.4, -0.2) is 9.55 Å². The van der Waals surface area contributed by atoms with Gasteiger partial charge in [-0.05, 0) is 54.1 Å². The van der Waals surface area contributed by atoms with Crippen molar-refractivity contribution in [2.75, 3.05) is 0 Å². The first kappa shape index (κ1) is 16.7. The van der Waals surface area contributed by atoms with E-state index < -0.39 is 0 Å². The van der Waals surface area contributed by atoms with Crippen molar-refractivity contribution in [1.29, 1.82) is 10.5 Å². The Labute approximate surface area is 167 Å². The summed E-state index contributed by atoms with van der Waals surface area (Å²) in [7, 11) is 0. The number of rotatable bonds is 2. The average molecular weight is 370 g/mol. The van der Waals surface area contributed by atoms with E-state index in [9.17, 15) is 10.5 Å². The van der Waals surface area contributed by atoms with Crippen molar-refractivity contribution in [1.82, 2.24) is 9.55 Å². The normalized spacial score (nSPS) is 10.7. The van der Waals surface area contributed by atoms with Gasteiger partial charge in [-0.15, -0.1) is 0 Å². The van der Waals surface area contributed by atoms with Crippen molar-refractivity contribution in [3.05, 3.63) is 96.3 Å². The van der Waals surface area contributed by atoms with Crippen LogP contribution in [-0.2, 0) is 0 Å². The molecule has 0 radical (unpaired) electrons. The second-order valence-electron chi connectivity index (χ2n) is 6.76. The lowest BCUT2D eigenvalue weighted by molar-refractivity contribution is 1.18. The van der Waals surface area contributed by atoms with Crippen molar-refractivity contribution in [2.24, 2.45) is 0 Å². The van der Waals surface area contributed by atoms with Crippen LogP contribution in [0.3, 0.4) is 0 Å². The number of nitrogens with zero attached hydrogens (tertiary/aromatic N) is 4. The third kappa shape index (κ3) is 2.64. The molecule has 4 heteroatoms. The standard InChI is InChI=1S/C25H14N4/c26-15-17-10-11-25-22(13-17)21-7-1-2-9-24(21)29(25)19-6-3-5-18(14-19)20-8-4-12-28-23(20)16-27/h1-14H. The van der Waals surface area contributed by atoms with Crippen LogP contribution in [0.1, 0.15) is 11.3 Å². The van der Waals surface area contributed by atoms with Gasteiger partial charge < -0.3 is 4.57 Å². The highest BCUT2D eigenvalue weighted by Gasteiger charge is 2.14. The highest BCUT2D eigenvalue weighted by Crippen LogP contribution is 2.34. The molecule has 29 heavy (non-hydrogen) atoms. The molecule has 0 N–H and O–H groups in total. The summed E-state index contributed by atoms with van der Waals surface area (Å²) in [6, 6.07) is 30.2. The van der Waals surface area contributed by atoms with E-state index in [1.54, 1.807) is 6.20 Å². The molecular formula is C25H14N4. The van der Waals surface area contributed by atoms with Crippen molar-refractivity contribution in [2.45, 2.75) is 0 Å². The number of aromatic nitrogens is 2. The number of hydrogen-bond donors (Lipinski definition) is 0. The van der Waals surface area contributed by atoms with Gasteiger partial charge in [0.2, 0.25) is 0 Å². The SMILES string of the molecule is N#Cc1ccc2c(c1)c1ccccc1n2-c1cccc(-c2cccnc2C#N)c1. The molecule has 3 aromatic carbocycles. The minimum Gasteiger partial charge on any atom is -0.309 e. The predicted octanol–water partition coefficient (Wildman–Crippen LogP) is 5.59. The lowest BCUT2D eigenvalue weighted by Gasteiger charge is -2.10. The van der Waals surface area contributed by atoms with Crippen molar-refractivity contribution in [3.8, 4) is 29.0 Å². The highest BCUT2D eigenvalue weighted by atomic mass is 15.0. The molecule has 4 nitrogen and oxygen atoms in total. The second-order valence-corrected chi connectivity index (χ2v) is 6.76. The van der Waals surface area contributed by atoms with Crippen LogP contribution in [0.4, 0.5) is 0 Å². The fourth-order valence-electron chi connectivity index (χ4n) is 3.86. The van der Waals surface area contributed by atoms with E-state index >= 15 is 0 Å². The number of nitriles is 2. The van der Waals surface area contributed by atoms with Crippen LogP contribution in [0.25, 0.3) is 38.6 Å². The zero-order chi connectivity index (χ0) is 19.8. The molecule has 0 amide bonds. The van der Waals surface area contributed by atoms with E-state index in [1.807, 2.05) is 54.6 Å². The van der Waals surface area contributed by atoms with Crippen molar-refractivity contribution < 1.29 is 0 Å². The maximum atomic E-state index is 9.42. The Kier molecular flexibility index (Phi) is 3.83. The number of benzene rings is 3. The maximum absolute atomic E-state index is 9.42. The number of hydrogen-bond acceptors (Lipinski definition) is 3. The number of pyridine rings is 1. The summed E-state index contributed by atoms with van der Waals surface area (Å²) in [6.07, 6.45) is 1.63. The number of fused-ring (bicyclic) bond motifs is 3. The van der Waals surface area contributed by atoms with Gasteiger partial charge in [0.05, 0.1) is 22.7 Å². The van der Waals surface area contributed by atoms with Crippen molar-refractivity contribution >= 4 is 21.8 Å². The van der Waals surface area contributed by atoms with Gasteiger partial charge in [-0.2, -0.15) is 10.5 Å². The Bertz CT molecular complexity index is 1480. The van der Waals surface area contributed by atoms with E-state index in [1.165, 1.54) is 0 Å². The first-order chi connectivity index (χ1) is 14.3. The highest BCUT2D eigenvalue weighted by molar-refractivity contribution is 6.09. The van der Waals surface area contributed by atoms with E-state index in [0.29, 0.717) is 11.3 Å². The summed E-state index contributed by atoms with van der Waals surface area (Å²) < 4.78 is 2.19. The molecule has 0 aliphatic carbocycles. The molecule has 0 spiro atoms. The molecule has 5 aromatic rings. The molecule has 5 rings (SSSR count). The molecule has 0 saturated heterocycles. The van der Waals surface area contributed by atoms with Crippen LogP contribution >= 0.6 is 0 Å². The third-order valence-electron chi connectivity index (χ3n) is 5.13. The van der Waals surface area contributed by atoms with Crippen LogP contribution in [0.15, 0.2) is 85.1 Å². The minimum absolute atomic E-state index is 0.408. The molecule has 0 aliphatic heterocycles. The predicted molar refractivity (Wildman–Crippen MR) is 113 cm³/mol. The Morgan fingerprint density at radius 1 is 0.724 bits per heavy atom. The van der Waals surface area contributed by atoms with Gasteiger partial charge >= 0.3 is 0 Å². The summed E-state index contributed by atoms with van der Waals surface area (Å²) in [5, 5.41) is 20.9. The van der Waals surface area contributed by atoms with Crippen LogP contribution in [0.5, 0.6) is 0 Å². The smallest absolute Gasteiger partial charge is 0.148 e. The zero-order valence-electron chi connectivity index (χ0n) is 15.4.